The fraction of sp³-hybridized carbons (Fsp3) is 0.538. The molecule has 1 fully saturated rings. The molecule has 19 heavy (non-hydrogen) atoms. The molecule has 1 N–H and O–H groups in total. The molecule has 1 unspecified atom stereocenters. The Morgan fingerprint density at radius 1 is 1.26 bits per heavy atom. The molecule has 0 saturated carbocycles. The van der Waals surface area contributed by atoms with Crippen molar-refractivity contribution in [2.24, 2.45) is 0 Å². The fourth-order valence-corrected chi connectivity index (χ4v) is 4.13. The number of ether oxygens (including phenoxy) is 2. The molecule has 5 nitrogen and oxygen atoms in total. The van der Waals surface area contributed by atoms with Crippen LogP contribution in [0.25, 0.3) is 0 Å². The Hall–Kier alpha value is -1.27. The molecule has 106 valence electrons. The van der Waals surface area contributed by atoms with Crippen molar-refractivity contribution in [1.29, 1.82) is 0 Å². The highest BCUT2D eigenvalue weighted by atomic mass is 32.2. The van der Waals surface area contributed by atoms with Crippen LogP contribution in [0.4, 0.5) is 0 Å². The Balaban J connectivity index is 2.39. The minimum Gasteiger partial charge on any atom is -0.497 e. The van der Waals surface area contributed by atoms with E-state index in [9.17, 15) is 8.42 Å². The molecule has 6 heteroatoms. The molecule has 0 aliphatic carbocycles. The Morgan fingerprint density at radius 2 is 2.05 bits per heavy atom. The van der Waals surface area contributed by atoms with E-state index in [1.807, 2.05) is 0 Å². The lowest BCUT2D eigenvalue weighted by molar-refractivity contribution is 0.385. The van der Waals surface area contributed by atoms with Gasteiger partial charge in [0.05, 0.1) is 19.5 Å². The quantitative estimate of drug-likeness (QED) is 0.901. The van der Waals surface area contributed by atoms with Crippen LogP contribution in [0.2, 0.25) is 0 Å². The minimum atomic E-state index is -3.37. The second kappa shape index (κ2) is 5.79. The number of hydrogen-bond acceptors (Lipinski definition) is 5. The molecule has 1 aliphatic rings. The van der Waals surface area contributed by atoms with E-state index >= 15 is 0 Å². The number of nitrogens with one attached hydrogen (secondary N) is 1. The summed E-state index contributed by atoms with van der Waals surface area (Å²) < 4.78 is 35.5. The largest absolute Gasteiger partial charge is 0.497 e. The predicted molar refractivity (Wildman–Crippen MR) is 72.6 cm³/mol. The van der Waals surface area contributed by atoms with Gasteiger partial charge in [0.1, 0.15) is 16.4 Å². The van der Waals surface area contributed by atoms with Gasteiger partial charge in [-0.15, -0.1) is 0 Å². The monoisotopic (exact) mass is 285 g/mol. The summed E-state index contributed by atoms with van der Waals surface area (Å²) in [6.45, 7) is 1.38. The summed E-state index contributed by atoms with van der Waals surface area (Å²) in [7, 11) is -0.372. The lowest BCUT2D eigenvalue weighted by Gasteiger charge is -2.23. The lowest BCUT2D eigenvalue weighted by Crippen LogP contribution is -2.38. The van der Waals surface area contributed by atoms with E-state index in [-0.39, 0.29) is 10.1 Å². The van der Waals surface area contributed by atoms with Gasteiger partial charge in [0.25, 0.3) is 0 Å². The van der Waals surface area contributed by atoms with Crippen LogP contribution < -0.4 is 14.8 Å². The van der Waals surface area contributed by atoms with Gasteiger partial charge in [-0.05, 0) is 31.5 Å². The van der Waals surface area contributed by atoms with Crippen LogP contribution in [0, 0.1) is 0 Å². The van der Waals surface area contributed by atoms with E-state index in [4.69, 9.17) is 9.47 Å². The number of benzene rings is 1. The van der Waals surface area contributed by atoms with Gasteiger partial charge in [0.15, 0.2) is 9.84 Å². The highest BCUT2D eigenvalue weighted by Gasteiger charge is 2.31. The van der Waals surface area contributed by atoms with E-state index < -0.39 is 9.84 Å². The van der Waals surface area contributed by atoms with Gasteiger partial charge in [0.2, 0.25) is 0 Å². The molecule has 0 aromatic heterocycles. The van der Waals surface area contributed by atoms with Crippen LogP contribution in [-0.4, -0.2) is 41.0 Å². The molecule has 1 aromatic rings. The fourth-order valence-electron chi connectivity index (χ4n) is 2.27. The lowest BCUT2D eigenvalue weighted by atomic mass is 10.2. The topological polar surface area (TPSA) is 64.6 Å². The van der Waals surface area contributed by atoms with Crippen LogP contribution in [0.3, 0.4) is 0 Å². The number of hydrogen-bond donors (Lipinski definition) is 1. The molecule has 1 saturated heterocycles. The second-order valence-electron chi connectivity index (χ2n) is 4.53. The first kappa shape index (κ1) is 14.1. The van der Waals surface area contributed by atoms with E-state index in [0.717, 1.165) is 13.0 Å². The maximum absolute atomic E-state index is 12.6. The molecule has 0 amide bonds. The SMILES string of the molecule is COc1ccc(S(=O)(=O)C2CCCNC2)c(OC)c1. The van der Waals surface area contributed by atoms with Crippen LogP contribution in [-0.2, 0) is 9.84 Å². The average molecular weight is 285 g/mol. The summed E-state index contributed by atoms with van der Waals surface area (Å²) in [6, 6.07) is 4.80. The summed E-state index contributed by atoms with van der Waals surface area (Å²) in [5.41, 5.74) is 0. The molecule has 0 bridgehead atoms. The van der Waals surface area contributed by atoms with Gasteiger partial charge >= 0.3 is 0 Å². The molecule has 1 atom stereocenters. The van der Waals surface area contributed by atoms with Gasteiger partial charge < -0.3 is 14.8 Å². The molecule has 1 heterocycles. The summed E-state index contributed by atoms with van der Waals surface area (Å²) in [5, 5.41) is 2.74. The van der Waals surface area contributed by atoms with Crippen LogP contribution >= 0.6 is 0 Å². The molecule has 1 aliphatic heterocycles. The Bertz CT molecular complexity index is 536. The molecule has 0 spiro atoms. The average Bonchev–Trinajstić information content (AvgIpc) is 2.47. The van der Waals surface area contributed by atoms with Crippen molar-refractivity contribution in [3.63, 3.8) is 0 Å². The van der Waals surface area contributed by atoms with E-state index in [1.165, 1.54) is 14.2 Å². The first-order valence-electron chi connectivity index (χ1n) is 6.26. The minimum absolute atomic E-state index is 0.240. The standard InChI is InChI=1S/C13H19NO4S/c1-17-10-5-6-13(12(8-10)18-2)19(15,16)11-4-3-7-14-9-11/h5-6,8,11,14H,3-4,7,9H2,1-2H3. The second-order valence-corrected chi connectivity index (χ2v) is 6.73. The molecular weight excluding hydrogens is 266 g/mol. The third kappa shape index (κ3) is 2.84. The predicted octanol–water partition coefficient (Wildman–Crippen LogP) is 1.23. The van der Waals surface area contributed by atoms with Crippen LogP contribution in [0.5, 0.6) is 11.5 Å². The molecule has 0 radical (unpaired) electrons. The maximum atomic E-state index is 12.6. The van der Waals surface area contributed by atoms with Crippen molar-refractivity contribution in [2.45, 2.75) is 23.0 Å². The number of rotatable bonds is 4. The molecule has 2 rings (SSSR count). The van der Waals surface area contributed by atoms with Gasteiger partial charge in [-0.1, -0.05) is 0 Å². The van der Waals surface area contributed by atoms with Crippen molar-refractivity contribution in [1.82, 2.24) is 5.32 Å². The van der Waals surface area contributed by atoms with Crippen molar-refractivity contribution in [3.8, 4) is 11.5 Å². The zero-order valence-corrected chi connectivity index (χ0v) is 12.0. The van der Waals surface area contributed by atoms with Crippen LogP contribution in [0.1, 0.15) is 12.8 Å². The van der Waals surface area contributed by atoms with Crippen molar-refractivity contribution < 1.29 is 17.9 Å². The van der Waals surface area contributed by atoms with Crippen molar-refractivity contribution >= 4 is 9.84 Å². The normalized spacial score (nSPS) is 20.0. The summed E-state index contributed by atoms with van der Waals surface area (Å²) in [4.78, 5) is 0.240. The zero-order valence-electron chi connectivity index (χ0n) is 11.2. The van der Waals surface area contributed by atoms with E-state index in [1.54, 1.807) is 18.2 Å². The van der Waals surface area contributed by atoms with Gasteiger partial charge in [-0.25, -0.2) is 8.42 Å². The number of methoxy groups -OCH3 is 2. The van der Waals surface area contributed by atoms with Crippen molar-refractivity contribution in [2.75, 3.05) is 27.3 Å². The third-order valence-electron chi connectivity index (χ3n) is 3.37. The highest BCUT2D eigenvalue weighted by molar-refractivity contribution is 7.92. The van der Waals surface area contributed by atoms with Gasteiger partial charge in [-0.3, -0.25) is 0 Å². The van der Waals surface area contributed by atoms with Crippen LogP contribution in [0.15, 0.2) is 23.1 Å². The number of sulfone groups is 1. The third-order valence-corrected chi connectivity index (χ3v) is 5.60. The molecular formula is C13H19NO4S. The van der Waals surface area contributed by atoms with E-state index in [0.29, 0.717) is 24.5 Å². The van der Waals surface area contributed by atoms with Crippen molar-refractivity contribution in [3.05, 3.63) is 18.2 Å². The smallest absolute Gasteiger partial charge is 0.186 e. The van der Waals surface area contributed by atoms with Gasteiger partial charge in [-0.2, -0.15) is 0 Å². The highest BCUT2D eigenvalue weighted by Crippen LogP contribution is 2.32. The Labute approximate surface area is 113 Å². The Kier molecular flexibility index (Phi) is 4.31. The maximum Gasteiger partial charge on any atom is 0.186 e. The Morgan fingerprint density at radius 3 is 2.63 bits per heavy atom. The first-order chi connectivity index (χ1) is 9.09. The summed E-state index contributed by atoms with van der Waals surface area (Å²) >= 11 is 0. The number of piperidine rings is 1. The zero-order chi connectivity index (χ0) is 13.9. The summed E-state index contributed by atoms with van der Waals surface area (Å²) in [6.07, 6.45) is 1.56. The van der Waals surface area contributed by atoms with Gasteiger partial charge in [0, 0.05) is 12.6 Å². The first-order valence-corrected chi connectivity index (χ1v) is 7.81. The van der Waals surface area contributed by atoms with E-state index in [2.05, 4.69) is 5.32 Å². The molecule has 1 aromatic carbocycles. The summed E-state index contributed by atoms with van der Waals surface area (Å²) in [5.74, 6) is 0.919.